The van der Waals surface area contributed by atoms with Crippen molar-refractivity contribution in [3.63, 3.8) is 0 Å². The molecule has 0 spiro atoms. The number of likely N-dealkylation sites (tertiary alicyclic amines) is 1. The van der Waals surface area contributed by atoms with Crippen molar-refractivity contribution < 1.29 is 22.0 Å². The van der Waals surface area contributed by atoms with Gasteiger partial charge in [0.1, 0.15) is 11.6 Å². The Morgan fingerprint density at radius 2 is 2.05 bits per heavy atom. The molecule has 8 heteroatoms. The van der Waals surface area contributed by atoms with E-state index in [1.54, 1.807) is 0 Å². The summed E-state index contributed by atoms with van der Waals surface area (Å²) in [4.78, 5) is 13.2. The van der Waals surface area contributed by atoms with Gasteiger partial charge < -0.3 is 4.90 Å². The van der Waals surface area contributed by atoms with Crippen molar-refractivity contribution in [2.24, 2.45) is 5.92 Å². The standard InChI is InChI=1S/C13H14ClF2NO3S/c14-21(19,20)8-9-5-13(18)17(7-9)4-3-10-1-2-11(15)6-12(10)16/h1-2,6,9H,3-5,7-8H2. The second kappa shape index (κ2) is 6.27. The Morgan fingerprint density at radius 3 is 2.67 bits per heavy atom. The van der Waals surface area contributed by atoms with Crippen molar-refractivity contribution in [2.45, 2.75) is 12.8 Å². The van der Waals surface area contributed by atoms with Gasteiger partial charge in [-0.3, -0.25) is 4.79 Å². The SMILES string of the molecule is O=C1CC(CS(=O)(=O)Cl)CN1CCc1ccc(F)cc1F. The second-order valence-electron chi connectivity index (χ2n) is 5.10. The van der Waals surface area contributed by atoms with Crippen molar-refractivity contribution in [3.8, 4) is 0 Å². The number of rotatable bonds is 5. The Bertz CT molecular complexity index is 651. The number of carbonyl (C=O) groups excluding carboxylic acids is 1. The lowest BCUT2D eigenvalue weighted by molar-refractivity contribution is -0.127. The zero-order valence-electron chi connectivity index (χ0n) is 11.1. The smallest absolute Gasteiger partial charge is 0.232 e. The third kappa shape index (κ3) is 4.64. The van der Waals surface area contributed by atoms with Crippen LogP contribution in [0.1, 0.15) is 12.0 Å². The van der Waals surface area contributed by atoms with Gasteiger partial charge in [0.2, 0.25) is 15.0 Å². The van der Waals surface area contributed by atoms with Crippen molar-refractivity contribution in [1.82, 2.24) is 4.90 Å². The first-order chi connectivity index (χ1) is 9.74. The highest BCUT2D eigenvalue weighted by Gasteiger charge is 2.32. The van der Waals surface area contributed by atoms with Gasteiger partial charge >= 0.3 is 0 Å². The van der Waals surface area contributed by atoms with Gasteiger partial charge in [0, 0.05) is 42.2 Å². The van der Waals surface area contributed by atoms with Gasteiger partial charge in [-0.15, -0.1) is 0 Å². The van der Waals surface area contributed by atoms with Crippen LogP contribution < -0.4 is 0 Å². The summed E-state index contributed by atoms with van der Waals surface area (Å²) < 4.78 is 48.3. The molecule has 4 nitrogen and oxygen atoms in total. The van der Waals surface area contributed by atoms with Gasteiger partial charge in [0.05, 0.1) is 5.75 Å². The van der Waals surface area contributed by atoms with E-state index in [1.165, 1.54) is 11.0 Å². The fourth-order valence-electron chi connectivity index (χ4n) is 2.44. The summed E-state index contributed by atoms with van der Waals surface area (Å²) >= 11 is 0. The van der Waals surface area contributed by atoms with Gasteiger partial charge in [-0.25, -0.2) is 17.2 Å². The zero-order chi connectivity index (χ0) is 15.6. The van der Waals surface area contributed by atoms with E-state index in [4.69, 9.17) is 10.7 Å². The quantitative estimate of drug-likeness (QED) is 0.771. The number of hydrogen-bond acceptors (Lipinski definition) is 3. The van der Waals surface area contributed by atoms with Gasteiger partial charge in [-0.2, -0.15) is 0 Å². The molecule has 0 aliphatic carbocycles. The van der Waals surface area contributed by atoms with Crippen LogP contribution in [0.4, 0.5) is 8.78 Å². The molecule has 0 aromatic heterocycles. The van der Waals surface area contributed by atoms with Crippen molar-refractivity contribution in [1.29, 1.82) is 0 Å². The third-order valence-electron chi connectivity index (χ3n) is 3.40. The van der Waals surface area contributed by atoms with Crippen LogP contribution in [0.3, 0.4) is 0 Å². The van der Waals surface area contributed by atoms with E-state index in [0.717, 1.165) is 12.1 Å². The minimum atomic E-state index is -3.64. The Balaban J connectivity index is 1.93. The van der Waals surface area contributed by atoms with Crippen LogP contribution in [0, 0.1) is 17.6 Å². The molecule has 0 N–H and O–H groups in total. The summed E-state index contributed by atoms with van der Waals surface area (Å²) in [5.41, 5.74) is 0.317. The van der Waals surface area contributed by atoms with Crippen LogP contribution in [0.2, 0.25) is 0 Å². The number of carbonyl (C=O) groups is 1. The van der Waals surface area contributed by atoms with E-state index in [1.807, 2.05) is 0 Å². The molecule has 1 aromatic rings. The Labute approximate surface area is 126 Å². The van der Waals surface area contributed by atoms with Crippen molar-refractivity contribution in [3.05, 3.63) is 35.4 Å². The molecule has 1 aromatic carbocycles. The summed E-state index contributed by atoms with van der Waals surface area (Å²) in [5, 5.41) is 0. The maximum atomic E-state index is 13.5. The van der Waals surface area contributed by atoms with E-state index >= 15 is 0 Å². The zero-order valence-corrected chi connectivity index (χ0v) is 12.6. The van der Waals surface area contributed by atoms with Gasteiger partial charge in [-0.05, 0) is 18.1 Å². The summed E-state index contributed by atoms with van der Waals surface area (Å²) in [6, 6.07) is 3.29. The Hall–Kier alpha value is -1.21. The van der Waals surface area contributed by atoms with Gasteiger partial charge in [0.25, 0.3) is 0 Å². The number of nitrogens with zero attached hydrogens (tertiary/aromatic N) is 1. The van der Waals surface area contributed by atoms with Crippen LogP contribution in [0.25, 0.3) is 0 Å². The maximum absolute atomic E-state index is 13.5. The summed E-state index contributed by atoms with van der Waals surface area (Å²) in [5.74, 6) is -2.06. The number of hydrogen-bond donors (Lipinski definition) is 0. The molecule has 2 rings (SSSR count). The van der Waals surface area contributed by atoms with Gasteiger partial charge in [-0.1, -0.05) is 6.07 Å². The molecule has 1 amide bonds. The molecule has 1 fully saturated rings. The van der Waals surface area contributed by atoms with E-state index < -0.39 is 20.7 Å². The molecule has 1 aliphatic heterocycles. The highest BCUT2D eigenvalue weighted by atomic mass is 35.7. The number of halogens is 3. The molecule has 0 saturated carbocycles. The summed E-state index contributed by atoms with van der Waals surface area (Å²) in [6.45, 7) is 0.549. The Morgan fingerprint density at radius 1 is 1.33 bits per heavy atom. The summed E-state index contributed by atoms with van der Waals surface area (Å²) in [6.07, 6.45) is 0.371. The van der Waals surface area contributed by atoms with E-state index in [-0.39, 0.29) is 43.5 Å². The first-order valence-electron chi connectivity index (χ1n) is 6.38. The molecule has 1 saturated heterocycles. The lowest BCUT2D eigenvalue weighted by atomic mass is 10.1. The van der Waals surface area contributed by atoms with Gasteiger partial charge in [0.15, 0.2) is 0 Å². The molecule has 1 unspecified atom stereocenters. The molecule has 0 radical (unpaired) electrons. The lowest BCUT2D eigenvalue weighted by Gasteiger charge is -2.16. The molecule has 116 valence electrons. The third-order valence-corrected chi connectivity index (χ3v) is 4.64. The van der Waals surface area contributed by atoms with Crippen LogP contribution in [0.15, 0.2) is 18.2 Å². The molecule has 1 heterocycles. The lowest BCUT2D eigenvalue weighted by Crippen LogP contribution is -2.28. The van der Waals surface area contributed by atoms with E-state index in [9.17, 15) is 22.0 Å². The fourth-order valence-corrected chi connectivity index (χ4v) is 3.76. The highest BCUT2D eigenvalue weighted by Crippen LogP contribution is 2.21. The first-order valence-corrected chi connectivity index (χ1v) is 8.86. The van der Waals surface area contributed by atoms with Crippen molar-refractivity contribution in [2.75, 3.05) is 18.8 Å². The van der Waals surface area contributed by atoms with E-state index in [2.05, 4.69) is 0 Å². The number of amides is 1. The predicted octanol–water partition coefficient (Wildman–Crippen LogP) is 1.92. The normalized spacial score (nSPS) is 19.3. The predicted molar refractivity (Wildman–Crippen MR) is 74.4 cm³/mol. The van der Waals surface area contributed by atoms with Crippen LogP contribution in [-0.4, -0.2) is 38.1 Å². The van der Waals surface area contributed by atoms with E-state index in [0.29, 0.717) is 5.56 Å². The average molecular weight is 338 g/mol. The fraction of sp³-hybridized carbons (Fsp3) is 0.462. The van der Waals surface area contributed by atoms with Crippen molar-refractivity contribution >= 4 is 25.6 Å². The maximum Gasteiger partial charge on any atom is 0.232 e. The minimum absolute atomic E-state index is 0.123. The molecule has 1 aliphatic rings. The molecule has 0 bridgehead atoms. The van der Waals surface area contributed by atoms with Crippen LogP contribution >= 0.6 is 10.7 Å². The highest BCUT2D eigenvalue weighted by molar-refractivity contribution is 8.13. The van der Waals surface area contributed by atoms with Crippen LogP contribution in [-0.2, 0) is 20.3 Å². The largest absolute Gasteiger partial charge is 0.342 e. The van der Waals surface area contributed by atoms with Crippen LogP contribution in [0.5, 0.6) is 0 Å². The first kappa shape index (κ1) is 16.2. The second-order valence-corrected chi connectivity index (χ2v) is 7.92. The number of benzene rings is 1. The molecule has 21 heavy (non-hydrogen) atoms. The minimum Gasteiger partial charge on any atom is -0.342 e. The molecular weight excluding hydrogens is 324 g/mol. The Kier molecular flexibility index (Phi) is 4.83. The monoisotopic (exact) mass is 337 g/mol. The molecular formula is C13H14ClF2NO3S. The molecule has 1 atom stereocenters. The average Bonchev–Trinajstić information content (AvgIpc) is 2.66. The summed E-state index contributed by atoms with van der Waals surface area (Å²) in [7, 11) is 1.53. The topological polar surface area (TPSA) is 54.5 Å².